The highest BCUT2D eigenvalue weighted by atomic mass is 79.9. The average molecular weight is 348 g/mol. The number of thiophene rings is 1. The number of carbonyl (C=O) groups excluding carboxylic acids is 1. The minimum Gasteiger partial charge on any atom is -0.292 e. The molecule has 0 aliphatic carbocycles. The Morgan fingerprint density at radius 1 is 1.35 bits per heavy atom. The van der Waals surface area contributed by atoms with Gasteiger partial charge >= 0.3 is 0 Å². The Hall–Kier alpha value is -0.290. The summed E-state index contributed by atoms with van der Waals surface area (Å²) in [6.07, 6.45) is 0. The van der Waals surface area contributed by atoms with Gasteiger partial charge in [-0.15, -0.1) is 23.1 Å². The summed E-state index contributed by atoms with van der Waals surface area (Å²) in [7, 11) is 0. The van der Waals surface area contributed by atoms with Gasteiger partial charge in [-0.25, -0.2) is 0 Å². The van der Waals surface area contributed by atoms with Crippen molar-refractivity contribution in [1.82, 2.24) is 0 Å². The van der Waals surface area contributed by atoms with Gasteiger partial charge in [0.05, 0.1) is 15.7 Å². The number of ketones is 1. The van der Waals surface area contributed by atoms with Crippen molar-refractivity contribution in [3.63, 3.8) is 0 Å². The van der Waals surface area contributed by atoms with Crippen LogP contribution in [0.4, 0.5) is 0 Å². The van der Waals surface area contributed by atoms with Gasteiger partial charge < -0.3 is 0 Å². The van der Waals surface area contributed by atoms with Crippen molar-refractivity contribution >= 4 is 56.4 Å². The molecule has 2 rings (SSSR count). The summed E-state index contributed by atoms with van der Waals surface area (Å²) in [6.45, 7) is 0. The predicted octanol–water partition coefficient (Wildman–Crippen LogP) is 5.14. The van der Waals surface area contributed by atoms with Crippen molar-refractivity contribution in [2.45, 2.75) is 4.90 Å². The van der Waals surface area contributed by atoms with E-state index in [1.807, 2.05) is 35.7 Å². The van der Waals surface area contributed by atoms with Crippen LogP contribution >= 0.6 is 50.6 Å². The molecule has 0 N–H and O–H groups in total. The van der Waals surface area contributed by atoms with Gasteiger partial charge in [0, 0.05) is 9.37 Å². The zero-order valence-corrected chi connectivity index (χ0v) is 12.6. The molecular formula is C12H8BrClOS2. The largest absolute Gasteiger partial charge is 0.292 e. The summed E-state index contributed by atoms with van der Waals surface area (Å²) < 4.78 is 0.868. The van der Waals surface area contributed by atoms with E-state index < -0.39 is 0 Å². The molecule has 0 saturated heterocycles. The topological polar surface area (TPSA) is 17.1 Å². The Balaban J connectivity index is 2.02. The van der Waals surface area contributed by atoms with Gasteiger partial charge in [-0.1, -0.05) is 23.7 Å². The maximum atomic E-state index is 11.9. The first-order valence-electron chi connectivity index (χ1n) is 4.82. The summed E-state index contributed by atoms with van der Waals surface area (Å²) in [5.74, 6) is 0.528. The van der Waals surface area contributed by atoms with Crippen LogP contribution in [0.25, 0.3) is 0 Å². The van der Waals surface area contributed by atoms with Crippen molar-refractivity contribution in [2.24, 2.45) is 0 Å². The number of Topliss-reactive ketones (excluding diaryl/α,β-unsaturated/α-hetero) is 1. The molecule has 2 aromatic rings. The van der Waals surface area contributed by atoms with Crippen LogP contribution in [0.2, 0.25) is 5.02 Å². The van der Waals surface area contributed by atoms with Crippen LogP contribution in [-0.4, -0.2) is 11.5 Å². The van der Waals surface area contributed by atoms with Gasteiger partial charge in [0.15, 0.2) is 5.78 Å². The van der Waals surface area contributed by atoms with E-state index in [2.05, 4.69) is 15.9 Å². The van der Waals surface area contributed by atoms with E-state index in [4.69, 9.17) is 11.6 Å². The lowest BCUT2D eigenvalue weighted by molar-refractivity contribution is 0.102. The second-order valence-electron chi connectivity index (χ2n) is 3.24. The normalized spacial score (nSPS) is 10.5. The zero-order valence-electron chi connectivity index (χ0n) is 8.65. The molecule has 1 aromatic heterocycles. The molecule has 0 bridgehead atoms. The fourth-order valence-electron chi connectivity index (χ4n) is 1.26. The van der Waals surface area contributed by atoms with Gasteiger partial charge in [-0.05, 0) is 39.5 Å². The van der Waals surface area contributed by atoms with E-state index in [9.17, 15) is 4.79 Å². The maximum Gasteiger partial charge on any atom is 0.184 e. The Labute approximate surface area is 121 Å². The quantitative estimate of drug-likeness (QED) is 0.563. The minimum absolute atomic E-state index is 0.122. The monoisotopic (exact) mass is 346 g/mol. The highest BCUT2D eigenvalue weighted by molar-refractivity contribution is 9.10. The fraction of sp³-hybridized carbons (Fsp3) is 0.0833. The molecule has 5 heteroatoms. The second kappa shape index (κ2) is 6.05. The van der Waals surface area contributed by atoms with E-state index in [0.717, 1.165) is 14.2 Å². The summed E-state index contributed by atoms with van der Waals surface area (Å²) in [5.41, 5.74) is 0. The summed E-state index contributed by atoms with van der Waals surface area (Å²) >= 11 is 12.3. The van der Waals surface area contributed by atoms with E-state index in [0.29, 0.717) is 10.8 Å². The highest BCUT2D eigenvalue weighted by Crippen LogP contribution is 2.29. The number of hydrogen-bond acceptors (Lipinski definition) is 3. The summed E-state index contributed by atoms with van der Waals surface area (Å²) in [4.78, 5) is 13.6. The Morgan fingerprint density at radius 3 is 2.76 bits per heavy atom. The number of thioether (sulfide) groups is 1. The molecular weight excluding hydrogens is 340 g/mol. The van der Waals surface area contributed by atoms with Crippen LogP contribution in [0.5, 0.6) is 0 Å². The first-order chi connectivity index (χ1) is 8.18. The molecule has 0 spiro atoms. The van der Waals surface area contributed by atoms with Gasteiger partial charge in [-0.3, -0.25) is 4.79 Å². The van der Waals surface area contributed by atoms with Gasteiger partial charge in [-0.2, -0.15) is 0 Å². The van der Waals surface area contributed by atoms with Crippen molar-refractivity contribution in [2.75, 3.05) is 5.75 Å². The fourth-order valence-corrected chi connectivity index (χ4v) is 4.00. The molecule has 1 aromatic carbocycles. The van der Waals surface area contributed by atoms with Crippen LogP contribution < -0.4 is 0 Å². The second-order valence-corrected chi connectivity index (χ2v) is 6.43. The Morgan fingerprint density at radius 2 is 2.12 bits per heavy atom. The molecule has 0 unspecified atom stereocenters. The van der Waals surface area contributed by atoms with Crippen LogP contribution in [0.15, 0.2) is 45.1 Å². The van der Waals surface area contributed by atoms with Gasteiger partial charge in [0.2, 0.25) is 0 Å². The lowest BCUT2D eigenvalue weighted by Gasteiger charge is -2.02. The lowest BCUT2D eigenvalue weighted by Crippen LogP contribution is -2.00. The third kappa shape index (κ3) is 3.35. The molecule has 17 heavy (non-hydrogen) atoms. The highest BCUT2D eigenvalue weighted by Gasteiger charge is 2.12. The molecule has 88 valence electrons. The molecule has 0 amide bonds. The Bertz CT molecular complexity index is 539. The first-order valence-corrected chi connectivity index (χ1v) is 7.85. The molecule has 1 heterocycles. The summed E-state index contributed by atoms with van der Waals surface area (Å²) in [5, 5.41) is 2.59. The SMILES string of the molecule is O=C(CSc1ccccc1Cl)c1sccc1Br. The van der Waals surface area contributed by atoms with E-state index in [1.165, 1.54) is 23.1 Å². The molecule has 0 fully saturated rings. The molecule has 0 aliphatic heterocycles. The minimum atomic E-state index is 0.122. The third-order valence-corrected chi connectivity index (χ3v) is 5.46. The van der Waals surface area contributed by atoms with Crippen LogP contribution in [0.3, 0.4) is 0 Å². The van der Waals surface area contributed by atoms with E-state index in [1.54, 1.807) is 0 Å². The molecule has 0 atom stereocenters. The Kier molecular flexibility index (Phi) is 4.68. The molecule has 0 aliphatic rings. The predicted molar refractivity (Wildman–Crippen MR) is 78.5 cm³/mol. The van der Waals surface area contributed by atoms with Crippen molar-refractivity contribution < 1.29 is 4.79 Å². The third-order valence-electron chi connectivity index (χ3n) is 2.07. The van der Waals surface area contributed by atoms with Gasteiger partial charge in [0.25, 0.3) is 0 Å². The van der Waals surface area contributed by atoms with Crippen molar-refractivity contribution in [3.05, 3.63) is 50.1 Å². The van der Waals surface area contributed by atoms with E-state index in [-0.39, 0.29) is 5.78 Å². The molecule has 1 nitrogen and oxygen atoms in total. The number of halogens is 2. The van der Waals surface area contributed by atoms with Crippen LogP contribution in [0.1, 0.15) is 9.67 Å². The lowest BCUT2D eigenvalue weighted by atomic mass is 10.3. The average Bonchev–Trinajstić information content (AvgIpc) is 2.74. The number of rotatable bonds is 4. The summed E-state index contributed by atoms with van der Waals surface area (Å²) in [6, 6.07) is 9.43. The maximum absolute atomic E-state index is 11.9. The molecule has 0 saturated carbocycles. The number of carbonyl (C=O) groups is 1. The smallest absolute Gasteiger partial charge is 0.184 e. The number of benzene rings is 1. The van der Waals surface area contributed by atoms with Gasteiger partial charge in [0.1, 0.15) is 0 Å². The zero-order chi connectivity index (χ0) is 12.3. The van der Waals surface area contributed by atoms with E-state index >= 15 is 0 Å². The van der Waals surface area contributed by atoms with Crippen molar-refractivity contribution in [1.29, 1.82) is 0 Å². The van der Waals surface area contributed by atoms with Crippen LogP contribution in [-0.2, 0) is 0 Å². The van der Waals surface area contributed by atoms with Crippen LogP contribution in [0, 0.1) is 0 Å². The standard InChI is InChI=1S/C12H8BrClOS2/c13-8-5-6-16-12(8)10(15)7-17-11-4-2-1-3-9(11)14/h1-6H,7H2. The van der Waals surface area contributed by atoms with Crippen molar-refractivity contribution in [3.8, 4) is 0 Å². The number of hydrogen-bond donors (Lipinski definition) is 0. The molecule has 0 radical (unpaired) electrons. The first kappa shape index (κ1) is 13.1.